The number of thioether (sulfide) groups is 1. The van der Waals surface area contributed by atoms with Crippen LogP contribution in [0, 0.1) is 0 Å². The third-order valence-corrected chi connectivity index (χ3v) is 4.29. The first-order valence-corrected chi connectivity index (χ1v) is 8.43. The zero-order chi connectivity index (χ0) is 15.4. The van der Waals surface area contributed by atoms with Crippen LogP contribution in [0.2, 0.25) is 0 Å². The predicted molar refractivity (Wildman–Crippen MR) is 84.7 cm³/mol. The average Bonchev–Trinajstić information content (AvgIpc) is 3.24. The summed E-state index contributed by atoms with van der Waals surface area (Å²) < 4.78 is 5.23. The van der Waals surface area contributed by atoms with E-state index < -0.39 is 0 Å². The number of aromatic nitrogens is 2. The Bertz CT molecular complexity index is 632. The first-order chi connectivity index (χ1) is 10.8. The number of hydrogen-bond donors (Lipinski definition) is 1. The highest BCUT2D eigenvalue weighted by molar-refractivity contribution is 7.98. The van der Waals surface area contributed by atoms with E-state index in [9.17, 15) is 4.79 Å². The van der Waals surface area contributed by atoms with Gasteiger partial charge in [0.2, 0.25) is 5.91 Å². The van der Waals surface area contributed by atoms with Crippen LogP contribution in [-0.2, 0) is 11.3 Å². The van der Waals surface area contributed by atoms with Gasteiger partial charge in [-0.25, -0.2) is 4.98 Å². The van der Waals surface area contributed by atoms with E-state index in [2.05, 4.69) is 15.3 Å². The van der Waals surface area contributed by atoms with Gasteiger partial charge in [0.15, 0.2) is 0 Å². The van der Waals surface area contributed by atoms with E-state index in [-0.39, 0.29) is 11.9 Å². The van der Waals surface area contributed by atoms with E-state index >= 15 is 0 Å². The van der Waals surface area contributed by atoms with Crippen molar-refractivity contribution in [1.82, 2.24) is 15.3 Å². The maximum absolute atomic E-state index is 12.4. The van der Waals surface area contributed by atoms with Crippen LogP contribution in [0.4, 0.5) is 5.82 Å². The SMILES string of the molecule is CSc1cncc(N2CCC[C@H]2C(=O)NCc2ccco2)n1. The molecule has 0 unspecified atom stereocenters. The monoisotopic (exact) mass is 318 g/mol. The summed E-state index contributed by atoms with van der Waals surface area (Å²) in [6.45, 7) is 1.23. The largest absolute Gasteiger partial charge is 0.467 e. The van der Waals surface area contributed by atoms with E-state index in [1.165, 1.54) is 0 Å². The number of hydrogen-bond acceptors (Lipinski definition) is 6. The number of amides is 1. The lowest BCUT2D eigenvalue weighted by Gasteiger charge is -2.24. The summed E-state index contributed by atoms with van der Waals surface area (Å²) in [6, 6.07) is 3.47. The molecule has 1 saturated heterocycles. The smallest absolute Gasteiger partial charge is 0.243 e. The summed E-state index contributed by atoms with van der Waals surface area (Å²) in [6.07, 6.45) is 8.82. The molecule has 0 saturated carbocycles. The Morgan fingerprint density at radius 3 is 3.23 bits per heavy atom. The molecule has 1 N–H and O–H groups in total. The molecule has 1 atom stereocenters. The Morgan fingerprint density at radius 2 is 2.45 bits per heavy atom. The normalized spacial score (nSPS) is 17.7. The molecule has 1 aliphatic rings. The van der Waals surface area contributed by atoms with Gasteiger partial charge in [0, 0.05) is 6.54 Å². The van der Waals surface area contributed by atoms with Gasteiger partial charge in [0.25, 0.3) is 0 Å². The number of nitrogens with zero attached hydrogens (tertiary/aromatic N) is 3. The zero-order valence-corrected chi connectivity index (χ0v) is 13.2. The molecule has 2 aromatic rings. The number of furan rings is 1. The highest BCUT2D eigenvalue weighted by Crippen LogP contribution is 2.25. The molecule has 116 valence electrons. The van der Waals surface area contributed by atoms with Crippen molar-refractivity contribution in [2.75, 3.05) is 17.7 Å². The molecule has 0 aromatic carbocycles. The van der Waals surface area contributed by atoms with Crippen LogP contribution in [0.25, 0.3) is 0 Å². The van der Waals surface area contributed by atoms with Gasteiger partial charge in [-0.15, -0.1) is 11.8 Å². The van der Waals surface area contributed by atoms with Crippen LogP contribution in [-0.4, -0.2) is 34.7 Å². The van der Waals surface area contributed by atoms with E-state index in [0.717, 1.165) is 36.0 Å². The minimum absolute atomic E-state index is 0.00487. The Balaban J connectivity index is 1.68. The van der Waals surface area contributed by atoms with Crippen molar-refractivity contribution in [1.29, 1.82) is 0 Å². The number of nitrogens with one attached hydrogen (secondary N) is 1. The molecule has 3 heterocycles. The molecule has 2 aromatic heterocycles. The van der Waals surface area contributed by atoms with Crippen molar-refractivity contribution in [2.45, 2.75) is 30.5 Å². The van der Waals surface area contributed by atoms with Crippen molar-refractivity contribution in [2.24, 2.45) is 0 Å². The van der Waals surface area contributed by atoms with Crippen LogP contribution in [0.3, 0.4) is 0 Å². The van der Waals surface area contributed by atoms with E-state index in [0.29, 0.717) is 6.54 Å². The third-order valence-electron chi connectivity index (χ3n) is 3.68. The molecule has 0 spiro atoms. The van der Waals surface area contributed by atoms with E-state index in [1.54, 1.807) is 30.4 Å². The first kappa shape index (κ1) is 14.9. The molecule has 0 aliphatic carbocycles. The fourth-order valence-corrected chi connectivity index (χ4v) is 2.94. The molecule has 0 radical (unpaired) electrons. The van der Waals surface area contributed by atoms with Crippen LogP contribution < -0.4 is 10.2 Å². The lowest BCUT2D eigenvalue weighted by Crippen LogP contribution is -2.43. The van der Waals surface area contributed by atoms with Gasteiger partial charge < -0.3 is 14.6 Å². The molecule has 1 fully saturated rings. The van der Waals surface area contributed by atoms with Crippen molar-refractivity contribution < 1.29 is 9.21 Å². The number of carbonyl (C=O) groups excluding carboxylic acids is 1. The molecule has 22 heavy (non-hydrogen) atoms. The van der Waals surface area contributed by atoms with Crippen molar-refractivity contribution >= 4 is 23.5 Å². The van der Waals surface area contributed by atoms with Crippen LogP contribution >= 0.6 is 11.8 Å². The highest BCUT2D eigenvalue weighted by atomic mass is 32.2. The number of carbonyl (C=O) groups is 1. The maximum atomic E-state index is 12.4. The predicted octanol–water partition coefficient (Wildman–Crippen LogP) is 2.08. The summed E-state index contributed by atoms with van der Waals surface area (Å²) >= 11 is 1.55. The molecule has 6 nitrogen and oxygen atoms in total. The quantitative estimate of drug-likeness (QED) is 0.851. The van der Waals surface area contributed by atoms with Crippen molar-refractivity contribution in [3.63, 3.8) is 0 Å². The second-order valence-electron chi connectivity index (χ2n) is 5.07. The summed E-state index contributed by atoms with van der Waals surface area (Å²) in [5, 5.41) is 3.79. The number of anilines is 1. The molecule has 7 heteroatoms. The van der Waals surface area contributed by atoms with Crippen molar-refractivity contribution in [3.05, 3.63) is 36.5 Å². The summed E-state index contributed by atoms with van der Waals surface area (Å²) in [5.74, 6) is 1.52. The minimum atomic E-state index is -0.193. The standard InChI is InChI=1S/C15H18N4O2S/c1-22-14-10-16-9-13(18-14)19-6-2-5-12(19)15(20)17-8-11-4-3-7-21-11/h3-4,7,9-10,12H,2,5-6,8H2,1H3,(H,17,20)/t12-/m0/s1. The third kappa shape index (κ3) is 3.24. The summed E-state index contributed by atoms with van der Waals surface area (Å²) in [7, 11) is 0. The fraction of sp³-hybridized carbons (Fsp3) is 0.400. The molecule has 1 aliphatic heterocycles. The topological polar surface area (TPSA) is 71.3 Å². The van der Waals surface area contributed by atoms with Gasteiger partial charge in [0.1, 0.15) is 22.6 Å². The summed E-state index contributed by atoms with van der Waals surface area (Å²) in [4.78, 5) is 23.2. The van der Waals surface area contributed by atoms with Crippen LogP contribution in [0.15, 0.2) is 40.2 Å². The minimum Gasteiger partial charge on any atom is -0.467 e. The highest BCUT2D eigenvalue weighted by Gasteiger charge is 2.31. The Hall–Kier alpha value is -2.02. The maximum Gasteiger partial charge on any atom is 0.243 e. The first-order valence-electron chi connectivity index (χ1n) is 7.20. The van der Waals surface area contributed by atoms with Crippen LogP contribution in [0.1, 0.15) is 18.6 Å². The second-order valence-corrected chi connectivity index (χ2v) is 5.89. The lowest BCUT2D eigenvalue weighted by atomic mass is 10.2. The second kappa shape index (κ2) is 6.83. The Kier molecular flexibility index (Phi) is 4.62. The van der Waals surface area contributed by atoms with Gasteiger partial charge in [0.05, 0.1) is 25.2 Å². The van der Waals surface area contributed by atoms with E-state index in [4.69, 9.17) is 4.42 Å². The van der Waals surface area contributed by atoms with Gasteiger partial charge in [-0.3, -0.25) is 9.78 Å². The zero-order valence-electron chi connectivity index (χ0n) is 12.4. The molecular weight excluding hydrogens is 300 g/mol. The Morgan fingerprint density at radius 1 is 1.55 bits per heavy atom. The lowest BCUT2D eigenvalue weighted by molar-refractivity contribution is -0.122. The molecule has 3 rings (SSSR count). The van der Waals surface area contributed by atoms with E-state index in [1.807, 2.05) is 23.3 Å². The molecular formula is C15H18N4O2S. The average molecular weight is 318 g/mol. The van der Waals surface area contributed by atoms with Gasteiger partial charge >= 0.3 is 0 Å². The fourth-order valence-electron chi connectivity index (χ4n) is 2.59. The molecule has 1 amide bonds. The molecule has 0 bridgehead atoms. The van der Waals surface area contributed by atoms with Crippen LogP contribution in [0.5, 0.6) is 0 Å². The van der Waals surface area contributed by atoms with Gasteiger partial charge in [-0.2, -0.15) is 0 Å². The Labute approximate surface area is 133 Å². The van der Waals surface area contributed by atoms with Gasteiger partial charge in [-0.1, -0.05) is 0 Å². The van der Waals surface area contributed by atoms with Crippen molar-refractivity contribution in [3.8, 4) is 0 Å². The summed E-state index contributed by atoms with van der Waals surface area (Å²) in [5.41, 5.74) is 0. The number of rotatable bonds is 5. The van der Waals surface area contributed by atoms with Gasteiger partial charge in [-0.05, 0) is 31.2 Å².